The summed E-state index contributed by atoms with van der Waals surface area (Å²) < 4.78 is 17.4. The molecule has 148 valence electrons. The monoisotopic (exact) mass is 382 g/mol. The van der Waals surface area contributed by atoms with Gasteiger partial charge < -0.3 is 14.2 Å². The van der Waals surface area contributed by atoms with Crippen LogP contribution in [0.4, 0.5) is 0 Å². The maximum absolute atomic E-state index is 12.0. The molecule has 4 nitrogen and oxygen atoms in total. The van der Waals surface area contributed by atoms with E-state index in [9.17, 15) is 4.79 Å². The Labute approximate surface area is 164 Å². The van der Waals surface area contributed by atoms with E-state index in [0.717, 1.165) is 12.2 Å². The van der Waals surface area contributed by atoms with Crippen molar-refractivity contribution in [2.24, 2.45) is 0 Å². The maximum atomic E-state index is 12.0. The number of carbonyl (C=O) groups excluding carboxylic acids is 1. The molecule has 26 heavy (non-hydrogen) atoms. The fourth-order valence-electron chi connectivity index (χ4n) is 2.31. The summed E-state index contributed by atoms with van der Waals surface area (Å²) in [7, 11) is 0. The van der Waals surface area contributed by atoms with E-state index in [1.165, 1.54) is 5.56 Å². The van der Waals surface area contributed by atoms with Gasteiger partial charge in [-0.05, 0) is 66.5 Å². The van der Waals surface area contributed by atoms with Crippen LogP contribution in [0.3, 0.4) is 0 Å². The van der Waals surface area contributed by atoms with Crippen molar-refractivity contribution >= 4 is 18.6 Å². The van der Waals surface area contributed by atoms with Gasteiger partial charge in [0.2, 0.25) is 0 Å². The van der Waals surface area contributed by atoms with Crippen molar-refractivity contribution in [1.82, 2.24) is 0 Å². The smallest absolute Gasteiger partial charge is 0.306 e. The number of rotatable bonds is 9. The number of esters is 1. The third-order valence-corrected chi connectivity index (χ3v) is 4.29. The number of aryl methyl sites for hydroxylation is 1. The highest BCUT2D eigenvalue weighted by Gasteiger charge is 2.30. The molecule has 2 unspecified atom stereocenters. The molecule has 1 aromatic rings. The standard InChI is InChI=1S/C21H34O4S/c1-8-20(6,14-13-18(22)25-19(3,4)5)23-15-21(7,26)24-17-11-9-16(2)10-12-17/h9-12,26H,8,13-15H2,1-7H3. The molecule has 2 atom stereocenters. The van der Waals surface area contributed by atoms with Crippen molar-refractivity contribution in [3.63, 3.8) is 0 Å². The molecule has 0 spiro atoms. The number of hydrogen-bond acceptors (Lipinski definition) is 5. The molecule has 0 fully saturated rings. The molecule has 0 saturated heterocycles. The minimum Gasteiger partial charge on any atom is -0.475 e. The lowest BCUT2D eigenvalue weighted by molar-refractivity contribution is -0.157. The second-order valence-corrected chi connectivity index (χ2v) is 9.21. The van der Waals surface area contributed by atoms with Gasteiger partial charge in [0, 0.05) is 6.42 Å². The van der Waals surface area contributed by atoms with Crippen LogP contribution in [0.1, 0.15) is 66.4 Å². The SMILES string of the molecule is CCC(C)(CCC(=O)OC(C)(C)C)OCC(C)(S)Oc1ccc(C)cc1. The van der Waals surface area contributed by atoms with Gasteiger partial charge in [0.15, 0.2) is 4.93 Å². The average Bonchev–Trinajstić information content (AvgIpc) is 2.52. The van der Waals surface area contributed by atoms with Gasteiger partial charge in [-0.3, -0.25) is 4.79 Å². The van der Waals surface area contributed by atoms with Crippen LogP contribution in [0.15, 0.2) is 24.3 Å². The second kappa shape index (κ2) is 9.14. The molecule has 0 radical (unpaired) electrons. The summed E-state index contributed by atoms with van der Waals surface area (Å²) in [5.74, 6) is 0.550. The quantitative estimate of drug-likeness (QED) is 0.356. The van der Waals surface area contributed by atoms with Crippen LogP contribution >= 0.6 is 12.6 Å². The summed E-state index contributed by atoms with van der Waals surface area (Å²) in [5.41, 5.74) is 0.277. The first-order valence-corrected chi connectivity index (χ1v) is 9.63. The van der Waals surface area contributed by atoms with Crippen molar-refractivity contribution in [3.05, 3.63) is 29.8 Å². The minimum absolute atomic E-state index is 0.203. The zero-order valence-electron chi connectivity index (χ0n) is 17.2. The Kier molecular flexibility index (Phi) is 8.03. The van der Waals surface area contributed by atoms with E-state index in [1.54, 1.807) is 0 Å². The highest BCUT2D eigenvalue weighted by Crippen LogP contribution is 2.28. The summed E-state index contributed by atoms with van der Waals surface area (Å²) in [6, 6.07) is 7.84. The first-order chi connectivity index (χ1) is 11.8. The Balaban J connectivity index is 2.56. The van der Waals surface area contributed by atoms with Gasteiger partial charge >= 0.3 is 5.97 Å². The van der Waals surface area contributed by atoms with Crippen molar-refractivity contribution in [1.29, 1.82) is 0 Å². The van der Waals surface area contributed by atoms with Crippen LogP contribution in [-0.2, 0) is 14.3 Å². The molecule has 0 bridgehead atoms. The summed E-state index contributed by atoms with van der Waals surface area (Å²) in [5, 5.41) is 0. The second-order valence-electron chi connectivity index (χ2n) is 8.27. The molecular formula is C21H34O4S. The third kappa shape index (κ3) is 8.95. The van der Waals surface area contributed by atoms with E-state index in [2.05, 4.69) is 12.6 Å². The minimum atomic E-state index is -0.766. The fraction of sp³-hybridized carbons (Fsp3) is 0.667. The Morgan fingerprint density at radius 3 is 2.15 bits per heavy atom. The molecular weight excluding hydrogens is 348 g/mol. The van der Waals surface area contributed by atoms with Crippen LogP contribution in [0.2, 0.25) is 0 Å². The normalized spacial score (nSPS) is 16.5. The first-order valence-electron chi connectivity index (χ1n) is 9.18. The molecule has 0 saturated carbocycles. The van der Waals surface area contributed by atoms with Crippen LogP contribution in [0, 0.1) is 6.92 Å². The van der Waals surface area contributed by atoms with Crippen LogP contribution in [-0.4, -0.2) is 28.7 Å². The van der Waals surface area contributed by atoms with E-state index < -0.39 is 16.1 Å². The summed E-state index contributed by atoms with van der Waals surface area (Å²) in [6.07, 6.45) is 1.70. The molecule has 0 aliphatic carbocycles. The highest BCUT2D eigenvalue weighted by molar-refractivity contribution is 7.81. The first kappa shape index (κ1) is 22.8. The molecule has 0 aliphatic rings. The molecule has 0 heterocycles. The van der Waals surface area contributed by atoms with E-state index in [4.69, 9.17) is 14.2 Å². The van der Waals surface area contributed by atoms with Crippen molar-refractivity contribution < 1.29 is 19.0 Å². The van der Waals surface area contributed by atoms with Crippen LogP contribution in [0.25, 0.3) is 0 Å². The van der Waals surface area contributed by atoms with Gasteiger partial charge in [0.05, 0.1) is 12.2 Å². The molecule has 0 aromatic heterocycles. The summed E-state index contributed by atoms with van der Waals surface area (Å²) in [6.45, 7) is 13.9. The van der Waals surface area contributed by atoms with E-state index >= 15 is 0 Å². The third-order valence-electron chi connectivity index (χ3n) is 4.07. The predicted molar refractivity (Wildman–Crippen MR) is 109 cm³/mol. The van der Waals surface area contributed by atoms with Gasteiger partial charge in [-0.1, -0.05) is 24.6 Å². The molecule has 0 aliphatic heterocycles. The maximum Gasteiger partial charge on any atom is 0.306 e. The lowest BCUT2D eigenvalue weighted by Crippen LogP contribution is -2.38. The zero-order valence-corrected chi connectivity index (χ0v) is 18.1. The predicted octanol–water partition coefficient (Wildman–Crippen LogP) is 5.33. The molecule has 5 heteroatoms. The highest BCUT2D eigenvalue weighted by atomic mass is 32.1. The van der Waals surface area contributed by atoms with Gasteiger partial charge in [-0.25, -0.2) is 0 Å². The van der Waals surface area contributed by atoms with Gasteiger partial charge in [-0.2, -0.15) is 0 Å². The number of thiol groups is 1. The zero-order chi connectivity index (χ0) is 20.0. The van der Waals surface area contributed by atoms with Crippen LogP contribution in [0.5, 0.6) is 5.75 Å². The topological polar surface area (TPSA) is 44.8 Å². The Bertz CT molecular complexity index is 575. The summed E-state index contributed by atoms with van der Waals surface area (Å²) >= 11 is 4.60. The number of ether oxygens (including phenoxy) is 3. The van der Waals surface area contributed by atoms with Gasteiger partial charge in [0.1, 0.15) is 11.4 Å². The lowest BCUT2D eigenvalue weighted by atomic mass is 9.96. The van der Waals surface area contributed by atoms with Crippen molar-refractivity contribution in [2.75, 3.05) is 6.61 Å². The Morgan fingerprint density at radius 1 is 1.08 bits per heavy atom. The number of hydrogen-bond donors (Lipinski definition) is 1. The Hall–Kier alpha value is -1.20. The van der Waals surface area contributed by atoms with E-state index in [-0.39, 0.29) is 5.97 Å². The van der Waals surface area contributed by atoms with E-state index in [1.807, 2.05) is 72.7 Å². The molecule has 0 N–H and O–H groups in total. The number of benzene rings is 1. The van der Waals surface area contributed by atoms with Gasteiger partial charge in [-0.15, -0.1) is 12.6 Å². The molecule has 1 rings (SSSR count). The van der Waals surface area contributed by atoms with Gasteiger partial charge in [0.25, 0.3) is 0 Å². The Morgan fingerprint density at radius 2 is 1.65 bits per heavy atom. The largest absolute Gasteiger partial charge is 0.475 e. The lowest BCUT2D eigenvalue weighted by Gasteiger charge is -2.34. The van der Waals surface area contributed by atoms with Crippen LogP contribution < -0.4 is 4.74 Å². The fourth-order valence-corrected chi connectivity index (χ4v) is 2.48. The number of carbonyl (C=O) groups is 1. The molecule has 0 amide bonds. The van der Waals surface area contributed by atoms with E-state index in [0.29, 0.717) is 19.4 Å². The van der Waals surface area contributed by atoms with Crippen molar-refractivity contribution in [2.45, 2.75) is 83.9 Å². The van der Waals surface area contributed by atoms with Crippen molar-refractivity contribution in [3.8, 4) is 5.75 Å². The average molecular weight is 383 g/mol. The summed E-state index contributed by atoms with van der Waals surface area (Å²) in [4.78, 5) is 11.2. The molecule has 1 aromatic carbocycles.